The average molecular weight is 273 g/mol. The first-order valence-corrected chi connectivity index (χ1v) is 6.10. The number of benzene rings is 1. The molecule has 0 saturated carbocycles. The number of carbonyl (C=O) groups excluding carboxylic acids is 1. The fourth-order valence-electron chi connectivity index (χ4n) is 1.77. The van der Waals surface area contributed by atoms with Crippen molar-refractivity contribution in [2.45, 2.75) is 0 Å². The zero-order chi connectivity index (χ0) is 14.4. The smallest absolute Gasteiger partial charge is 0.254 e. The van der Waals surface area contributed by atoms with Gasteiger partial charge >= 0.3 is 0 Å². The van der Waals surface area contributed by atoms with E-state index in [4.69, 9.17) is 5.11 Å². The second-order valence-corrected chi connectivity index (χ2v) is 4.06. The van der Waals surface area contributed by atoms with Crippen LogP contribution in [0.5, 0.6) is 0 Å². The van der Waals surface area contributed by atoms with E-state index in [-0.39, 0.29) is 19.1 Å². The molecule has 104 valence electrons. The van der Waals surface area contributed by atoms with E-state index in [1.54, 1.807) is 30.3 Å². The third kappa shape index (κ3) is 3.07. The monoisotopic (exact) mass is 273 g/mol. The molecule has 1 heterocycles. The van der Waals surface area contributed by atoms with E-state index in [9.17, 15) is 4.79 Å². The molecule has 0 fully saturated rings. The molecule has 2 rings (SSSR count). The van der Waals surface area contributed by atoms with Crippen molar-refractivity contribution >= 4 is 5.91 Å². The number of amides is 1. The first-order valence-electron chi connectivity index (χ1n) is 6.10. The predicted molar refractivity (Wildman–Crippen MR) is 72.3 cm³/mol. The lowest BCUT2D eigenvalue weighted by Crippen LogP contribution is -2.33. The topological polar surface area (TPSA) is 84.1 Å². The molecule has 0 spiro atoms. The Balaban J connectivity index is 2.16. The third-order valence-corrected chi connectivity index (χ3v) is 2.73. The Labute approximate surface area is 116 Å². The molecular weight excluding hydrogens is 258 g/mol. The van der Waals surface area contributed by atoms with E-state index < -0.39 is 0 Å². The number of aliphatic hydroxyl groups is 1. The van der Waals surface area contributed by atoms with E-state index in [0.29, 0.717) is 12.1 Å². The maximum absolute atomic E-state index is 12.2. The van der Waals surface area contributed by atoms with Crippen molar-refractivity contribution in [1.29, 1.82) is 0 Å². The molecular formula is C13H15N5O2. The maximum atomic E-state index is 12.2. The number of hydrogen-bond acceptors (Lipinski definition) is 5. The lowest BCUT2D eigenvalue weighted by molar-refractivity contribution is 0.0743. The Morgan fingerprint density at radius 1 is 1.40 bits per heavy atom. The Kier molecular flexibility index (Phi) is 4.56. The van der Waals surface area contributed by atoms with Gasteiger partial charge in [0.25, 0.3) is 5.91 Å². The molecule has 7 nitrogen and oxygen atoms in total. The Bertz CT molecular complexity index is 565. The highest BCUT2D eigenvalue weighted by molar-refractivity contribution is 5.94. The third-order valence-electron chi connectivity index (χ3n) is 2.73. The second kappa shape index (κ2) is 6.58. The van der Waals surface area contributed by atoms with Crippen molar-refractivity contribution in [1.82, 2.24) is 25.1 Å². The highest BCUT2D eigenvalue weighted by Crippen LogP contribution is 2.10. The number of aliphatic hydroxyl groups excluding tert-OH is 1. The first-order chi connectivity index (χ1) is 9.76. The van der Waals surface area contributed by atoms with E-state index in [2.05, 4.69) is 22.1 Å². The Morgan fingerprint density at radius 2 is 2.15 bits per heavy atom. The van der Waals surface area contributed by atoms with Gasteiger partial charge in [-0.2, -0.15) is 0 Å². The molecule has 2 aromatic rings. The number of aromatic nitrogens is 4. The second-order valence-electron chi connectivity index (χ2n) is 4.06. The van der Waals surface area contributed by atoms with Crippen LogP contribution in [0.4, 0.5) is 0 Å². The normalized spacial score (nSPS) is 10.2. The van der Waals surface area contributed by atoms with Gasteiger partial charge < -0.3 is 10.0 Å². The van der Waals surface area contributed by atoms with Crippen LogP contribution >= 0.6 is 0 Å². The predicted octanol–water partition coefficient (Wildman–Crippen LogP) is 0.283. The van der Waals surface area contributed by atoms with Gasteiger partial charge in [0.1, 0.15) is 6.33 Å². The van der Waals surface area contributed by atoms with Crippen LogP contribution in [0.1, 0.15) is 10.4 Å². The zero-order valence-corrected chi connectivity index (χ0v) is 10.9. The molecule has 1 N–H and O–H groups in total. The van der Waals surface area contributed by atoms with Crippen LogP contribution in [-0.2, 0) is 0 Å². The SMILES string of the molecule is C=CCN(CCO)C(=O)c1ccc(-n2cnnn2)cc1. The van der Waals surface area contributed by atoms with Crippen molar-refractivity contribution in [2.24, 2.45) is 0 Å². The van der Waals surface area contributed by atoms with Crippen LogP contribution in [0.2, 0.25) is 0 Å². The molecule has 0 aliphatic heterocycles. The summed E-state index contributed by atoms with van der Waals surface area (Å²) in [6.07, 6.45) is 3.11. The van der Waals surface area contributed by atoms with E-state index in [1.165, 1.54) is 15.9 Å². The van der Waals surface area contributed by atoms with E-state index in [0.717, 1.165) is 5.69 Å². The lowest BCUT2D eigenvalue weighted by atomic mass is 10.2. The summed E-state index contributed by atoms with van der Waals surface area (Å²) in [5.41, 5.74) is 1.31. The molecule has 1 amide bonds. The van der Waals surface area contributed by atoms with Gasteiger partial charge in [-0.15, -0.1) is 11.7 Å². The number of hydrogen-bond donors (Lipinski definition) is 1. The Hall–Kier alpha value is -2.54. The number of tetrazole rings is 1. The quantitative estimate of drug-likeness (QED) is 0.764. The average Bonchev–Trinajstić information content (AvgIpc) is 3.01. The van der Waals surface area contributed by atoms with Crippen LogP contribution in [0.25, 0.3) is 5.69 Å². The standard InChI is InChI=1S/C13H15N5O2/c1-2-7-17(8-9-19)13(20)11-3-5-12(6-4-11)18-10-14-15-16-18/h2-6,10,19H,1,7-9H2. The number of rotatable bonds is 6. The molecule has 1 aromatic heterocycles. The molecule has 7 heteroatoms. The summed E-state index contributed by atoms with van der Waals surface area (Å²) in [4.78, 5) is 13.8. The molecule has 0 saturated heterocycles. The first kappa shape index (κ1) is 13.9. The van der Waals surface area contributed by atoms with E-state index in [1.807, 2.05) is 0 Å². The lowest BCUT2D eigenvalue weighted by Gasteiger charge is -2.20. The van der Waals surface area contributed by atoms with Crippen LogP contribution < -0.4 is 0 Å². The summed E-state index contributed by atoms with van der Waals surface area (Å²) in [5.74, 6) is -0.151. The van der Waals surface area contributed by atoms with Crippen molar-refractivity contribution in [3.8, 4) is 5.69 Å². The minimum Gasteiger partial charge on any atom is -0.395 e. The van der Waals surface area contributed by atoms with Crippen LogP contribution in [-0.4, -0.2) is 55.8 Å². The van der Waals surface area contributed by atoms with Crippen molar-refractivity contribution in [3.63, 3.8) is 0 Å². The fraction of sp³-hybridized carbons (Fsp3) is 0.231. The minimum atomic E-state index is -0.151. The van der Waals surface area contributed by atoms with Crippen molar-refractivity contribution in [2.75, 3.05) is 19.7 Å². The fourth-order valence-corrected chi connectivity index (χ4v) is 1.77. The highest BCUT2D eigenvalue weighted by atomic mass is 16.3. The largest absolute Gasteiger partial charge is 0.395 e. The van der Waals surface area contributed by atoms with Gasteiger partial charge in [0.05, 0.1) is 12.3 Å². The van der Waals surface area contributed by atoms with Gasteiger partial charge in [0.2, 0.25) is 0 Å². The summed E-state index contributed by atoms with van der Waals surface area (Å²) in [7, 11) is 0. The molecule has 0 bridgehead atoms. The van der Waals surface area contributed by atoms with E-state index >= 15 is 0 Å². The number of carbonyl (C=O) groups is 1. The summed E-state index contributed by atoms with van der Waals surface area (Å²) in [5, 5.41) is 19.8. The summed E-state index contributed by atoms with van der Waals surface area (Å²) >= 11 is 0. The molecule has 20 heavy (non-hydrogen) atoms. The number of nitrogens with zero attached hydrogens (tertiary/aromatic N) is 5. The van der Waals surface area contributed by atoms with Crippen LogP contribution in [0, 0.1) is 0 Å². The van der Waals surface area contributed by atoms with Gasteiger partial charge in [0.15, 0.2) is 0 Å². The summed E-state index contributed by atoms with van der Waals surface area (Å²) in [6.45, 7) is 4.20. The molecule has 1 aromatic carbocycles. The van der Waals surface area contributed by atoms with Gasteiger partial charge in [-0.1, -0.05) is 6.08 Å². The maximum Gasteiger partial charge on any atom is 0.254 e. The molecule has 0 aliphatic carbocycles. The Morgan fingerprint density at radius 3 is 2.70 bits per heavy atom. The zero-order valence-electron chi connectivity index (χ0n) is 10.9. The van der Waals surface area contributed by atoms with Crippen molar-refractivity contribution in [3.05, 3.63) is 48.8 Å². The van der Waals surface area contributed by atoms with Gasteiger partial charge in [0, 0.05) is 18.7 Å². The summed E-state index contributed by atoms with van der Waals surface area (Å²) in [6, 6.07) is 6.92. The van der Waals surface area contributed by atoms with Crippen LogP contribution in [0.15, 0.2) is 43.2 Å². The van der Waals surface area contributed by atoms with Crippen LogP contribution in [0.3, 0.4) is 0 Å². The highest BCUT2D eigenvalue weighted by Gasteiger charge is 2.14. The molecule has 0 atom stereocenters. The van der Waals surface area contributed by atoms with Gasteiger partial charge in [-0.25, -0.2) is 4.68 Å². The molecule has 0 radical (unpaired) electrons. The summed E-state index contributed by atoms with van der Waals surface area (Å²) < 4.78 is 1.50. The molecule has 0 aliphatic rings. The van der Waals surface area contributed by atoms with Gasteiger partial charge in [-0.05, 0) is 34.7 Å². The van der Waals surface area contributed by atoms with Gasteiger partial charge in [-0.3, -0.25) is 4.79 Å². The minimum absolute atomic E-state index is 0.0811. The van der Waals surface area contributed by atoms with Crippen molar-refractivity contribution < 1.29 is 9.90 Å². The molecule has 0 unspecified atom stereocenters.